The van der Waals surface area contributed by atoms with Crippen LogP contribution in [0.3, 0.4) is 0 Å². The molecule has 1 atom stereocenters. The molecule has 3 nitrogen and oxygen atoms in total. The molecule has 102 valence electrons. The molecule has 2 N–H and O–H groups in total. The first-order chi connectivity index (χ1) is 8.54. The number of phenolic OH excluding ortho intramolecular Hbond substituents is 1. The molecule has 0 amide bonds. The van der Waals surface area contributed by atoms with Gasteiger partial charge in [-0.15, -0.1) is 0 Å². The number of halogens is 1. The maximum Gasteiger partial charge on any atom is 0.120 e. The maximum absolute atomic E-state index is 9.89. The van der Waals surface area contributed by atoms with Crippen LogP contribution in [0.2, 0.25) is 0 Å². The van der Waals surface area contributed by atoms with Gasteiger partial charge in [-0.3, -0.25) is 0 Å². The van der Waals surface area contributed by atoms with Gasteiger partial charge in [-0.25, -0.2) is 0 Å². The molecule has 0 heterocycles. The van der Waals surface area contributed by atoms with Gasteiger partial charge in [0.2, 0.25) is 0 Å². The van der Waals surface area contributed by atoms with Crippen molar-refractivity contribution in [2.24, 2.45) is 0 Å². The van der Waals surface area contributed by atoms with E-state index in [-0.39, 0.29) is 12.1 Å². The largest absolute Gasteiger partial charge is 0.508 e. The number of hydrogen-bond donors (Lipinski definition) is 2. The monoisotopic (exact) mass is 315 g/mol. The van der Waals surface area contributed by atoms with Gasteiger partial charge in [-0.2, -0.15) is 0 Å². The van der Waals surface area contributed by atoms with Gasteiger partial charge in [-0.05, 0) is 38.5 Å². The Kier molecular flexibility index (Phi) is 6.68. The van der Waals surface area contributed by atoms with Crippen LogP contribution in [0.5, 0.6) is 5.75 Å². The van der Waals surface area contributed by atoms with Gasteiger partial charge in [-0.1, -0.05) is 22.9 Å². The molecule has 0 radical (unpaired) electrons. The van der Waals surface area contributed by atoms with E-state index < -0.39 is 0 Å². The molecule has 0 saturated heterocycles. The van der Waals surface area contributed by atoms with Gasteiger partial charge in [0.05, 0.1) is 12.7 Å². The van der Waals surface area contributed by atoms with Crippen LogP contribution in [0.1, 0.15) is 38.8 Å². The lowest BCUT2D eigenvalue weighted by molar-refractivity contribution is 0.0792. The van der Waals surface area contributed by atoms with Crippen molar-refractivity contribution in [2.45, 2.75) is 39.3 Å². The zero-order valence-corrected chi connectivity index (χ0v) is 12.8. The summed E-state index contributed by atoms with van der Waals surface area (Å²) in [5.74, 6) is 0.335. The summed E-state index contributed by atoms with van der Waals surface area (Å²) in [6.07, 6.45) is 1.18. The first-order valence-corrected chi connectivity index (χ1v) is 7.17. The lowest BCUT2D eigenvalue weighted by Gasteiger charge is -2.19. The number of rotatable bonds is 7. The summed E-state index contributed by atoms with van der Waals surface area (Å²) in [6.45, 7) is 7.61. The van der Waals surface area contributed by atoms with Crippen molar-refractivity contribution in [1.82, 2.24) is 5.32 Å². The zero-order chi connectivity index (χ0) is 13.5. The maximum atomic E-state index is 9.89. The van der Waals surface area contributed by atoms with Crippen LogP contribution in [-0.4, -0.2) is 24.4 Å². The molecule has 0 aliphatic heterocycles. The van der Waals surface area contributed by atoms with E-state index >= 15 is 0 Å². The van der Waals surface area contributed by atoms with Crippen LogP contribution in [0, 0.1) is 0 Å². The molecule has 4 heteroatoms. The minimum absolute atomic E-state index is 0.151. The second-order valence-electron chi connectivity index (χ2n) is 4.54. The molecule has 0 aliphatic rings. The fourth-order valence-corrected chi connectivity index (χ4v) is 2.19. The first-order valence-electron chi connectivity index (χ1n) is 6.38. The Morgan fingerprint density at radius 1 is 1.39 bits per heavy atom. The quantitative estimate of drug-likeness (QED) is 0.755. The Morgan fingerprint density at radius 3 is 2.72 bits per heavy atom. The van der Waals surface area contributed by atoms with E-state index in [4.69, 9.17) is 4.74 Å². The third-order valence-corrected chi connectivity index (χ3v) is 3.21. The summed E-state index contributed by atoms with van der Waals surface area (Å²) in [6, 6.07) is 5.67. The van der Waals surface area contributed by atoms with Gasteiger partial charge in [0.25, 0.3) is 0 Å². The molecule has 1 rings (SSSR count). The van der Waals surface area contributed by atoms with Crippen molar-refractivity contribution in [3.8, 4) is 5.75 Å². The van der Waals surface area contributed by atoms with Crippen LogP contribution >= 0.6 is 15.9 Å². The van der Waals surface area contributed by atoms with Gasteiger partial charge < -0.3 is 15.2 Å². The molecule has 18 heavy (non-hydrogen) atoms. The molecule has 0 bridgehead atoms. The normalized spacial score (nSPS) is 12.9. The Morgan fingerprint density at radius 2 is 2.11 bits per heavy atom. The fourth-order valence-electron chi connectivity index (χ4n) is 1.81. The van der Waals surface area contributed by atoms with E-state index in [9.17, 15) is 5.11 Å². The molecule has 0 spiro atoms. The first kappa shape index (κ1) is 15.5. The molecule has 1 aromatic carbocycles. The van der Waals surface area contributed by atoms with Gasteiger partial charge in [0.15, 0.2) is 0 Å². The predicted molar refractivity (Wildman–Crippen MR) is 77.9 cm³/mol. The minimum Gasteiger partial charge on any atom is -0.508 e. The van der Waals surface area contributed by atoms with Crippen molar-refractivity contribution in [3.05, 3.63) is 28.2 Å². The average molecular weight is 316 g/mol. The second-order valence-corrected chi connectivity index (χ2v) is 5.45. The third kappa shape index (κ3) is 4.96. The summed E-state index contributed by atoms with van der Waals surface area (Å²) in [5.41, 5.74) is 0.927. The van der Waals surface area contributed by atoms with Gasteiger partial charge in [0.1, 0.15) is 5.75 Å². The molecular weight excluding hydrogens is 294 g/mol. The number of hydrogen-bond acceptors (Lipinski definition) is 3. The van der Waals surface area contributed by atoms with Crippen molar-refractivity contribution in [3.63, 3.8) is 0 Å². The van der Waals surface area contributed by atoms with Crippen molar-refractivity contribution < 1.29 is 9.84 Å². The number of benzene rings is 1. The average Bonchev–Trinajstić information content (AvgIpc) is 2.33. The minimum atomic E-state index is 0.151. The molecule has 0 aliphatic carbocycles. The summed E-state index contributed by atoms with van der Waals surface area (Å²) >= 11 is 3.43. The molecular formula is C14H22BrNO2. The summed E-state index contributed by atoms with van der Waals surface area (Å²) < 4.78 is 6.47. The van der Waals surface area contributed by atoms with E-state index in [1.165, 1.54) is 0 Å². The summed E-state index contributed by atoms with van der Waals surface area (Å²) in [4.78, 5) is 0. The molecule has 1 aromatic rings. The standard InChI is InChI=1S/C14H22BrNO2/c1-4-13(16-7-8-18-10(2)3)12-9-11(15)5-6-14(12)17/h5-6,9-10,13,16-17H,4,7-8H2,1-3H3. The lowest BCUT2D eigenvalue weighted by Crippen LogP contribution is -2.26. The van der Waals surface area contributed by atoms with Crippen molar-refractivity contribution in [1.29, 1.82) is 0 Å². The van der Waals surface area contributed by atoms with E-state index in [1.807, 2.05) is 26.0 Å². The SMILES string of the molecule is CCC(NCCOC(C)C)c1cc(Br)ccc1O. The van der Waals surface area contributed by atoms with Crippen LogP contribution in [0.15, 0.2) is 22.7 Å². The lowest BCUT2D eigenvalue weighted by atomic mass is 10.0. The fraction of sp³-hybridized carbons (Fsp3) is 0.571. The molecule has 0 fully saturated rings. The Labute approximate surface area is 118 Å². The Bertz CT molecular complexity index is 369. The second kappa shape index (κ2) is 7.77. The van der Waals surface area contributed by atoms with Crippen LogP contribution in [0.4, 0.5) is 0 Å². The summed E-state index contributed by atoms with van der Waals surface area (Å²) in [7, 11) is 0. The molecule has 0 saturated carbocycles. The molecule has 1 unspecified atom stereocenters. The van der Waals surface area contributed by atoms with E-state index in [1.54, 1.807) is 6.07 Å². The van der Waals surface area contributed by atoms with Crippen LogP contribution in [-0.2, 0) is 4.74 Å². The molecule has 0 aromatic heterocycles. The van der Waals surface area contributed by atoms with Gasteiger partial charge >= 0.3 is 0 Å². The van der Waals surface area contributed by atoms with E-state index in [0.29, 0.717) is 12.4 Å². The van der Waals surface area contributed by atoms with Crippen LogP contribution < -0.4 is 5.32 Å². The number of phenols is 1. The van der Waals surface area contributed by atoms with Crippen LogP contribution in [0.25, 0.3) is 0 Å². The highest BCUT2D eigenvalue weighted by atomic mass is 79.9. The number of nitrogens with one attached hydrogen (secondary N) is 1. The van der Waals surface area contributed by atoms with Crippen molar-refractivity contribution >= 4 is 15.9 Å². The Hall–Kier alpha value is -0.580. The third-order valence-electron chi connectivity index (χ3n) is 2.72. The van der Waals surface area contributed by atoms with E-state index in [2.05, 4.69) is 28.2 Å². The number of aromatic hydroxyl groups is 1. The zero-order valence-electron chi connectivity index (χ0n) is 11.2. The Balaban J connectivity index is 2.57. The summed E-state index contributed by atoms with van der Waals surface area (Å²) in [5, 5.41) is 13.3. The van der Waals surface area contributed by atoms with Gasteiger partial charge in [0, 0.05) is 22.6 Å². The predicted octanol–water partition coefficient (Wildman–Crippen LogP) is 3.62. The topological polar surface area (TPSA) is 41.5 Å². The highest BCUT2D eigenvalue weighted by Gasteiger charge is 2.13. The number of ether oxygens (including phenoxy) is 1. The van der Waals surface area contributed by atoms with Crippen molar-refractivity contribution in [2.75, 3.05) is 13.2 Å². The highest BCUT2D eigenvalue weighted by Crippen LogP contribution is 2.29. The van der Waals surface area contributed by atoms with E-state index in [0.717, 1.165) is 23.0 Å². The highest BCUT2D eigenvalue weighted by molar-refractivity contribution is 9.10. The smallest absolute Gasteiger partial charge is 0.120 e.